The fraction of sp³-hybridized carbons (Fsp3) is 0.640. The molecule has 1 saturated carbocycles. The van der Waals surface area contributed by atoms with Crippen molar-refractivity contribution in [3.8, 4) is 0 Å². The predicted octanol–water partition coefficient (Wildman–Crippen LogP) is 5.50. The molecule has 3 N–H and O–H groups in total. The normalized spacial score (nSPS) is 14.5. The van der Waals surface area contributed by atoms with Crippen LogP contribution in [0.4, 0.5) is 11.4 Å². The Bertz CT molecular complexity index is 708. The Morgan fingerprint density at radius 3 is 1.74 bits per heavy atom. The summed E-state index contributed by atoms with van der Waals surface area (Å²) in [6.45, 7) is 8.31. The van der Waals surface area contributed by atoms with Crippen LogP contribution in [0.1, 0.15) is 95.8 Å². The van der Waals surface area contributed by atoms with Crippen LogP contribution in [0.5, 0.6) is 0 Å². The van der Waals surface area contributed by atoms with E-state index in [4.69, 9.17) is 0 Å². The molecule has 1 aliphatic carbocycles. The molecule has 172 valence electrons. The fourth-order valence-corrected chi connectivity index (χ4v) is 3.71. The van der Waals surface area contributed by atoms with E-state index in [-0.39, 0.29) is 23.8 Å². The van der Waals surface area contributed by atoms with Gasteiger partial charge in [0.2, 0.25) is 11.8 Å². The number of carbonyl (C=O) groups is 3. The van der Waals surface area contributed by atoms with Crippen LogP contribution in [0.2, 0.25) is 0 Å². The van der Waals surface area contributed by atoms with Gasteiger partial charge < -0.3 is 16.0 Å². The second-order valence-corrected chi connectivity index (χ2v) is 9.57. The van der Waals surface area contributed by atoms with Gasteiger partial charge in [-0.25, -0.2) is 0 Å². The highest BCUT2D eigenvalue weighted by Gasteiger charge is 2.18. The highest BCUT2D eigenvalue weighted by atomic mass is 16.2. The smallest absolute Gasteiger partial charge is 0.251 e. The Balaban J connectivity index is 2.14. The highest BCUT2D eigenvalue weighted by Crippen LogP contribution is 2.22. The Hall–Kier alpha value is -2.37. The Kier molecular flexibility index (Phi) is 10.0. The summed E-state index contributed by atoms with van der Waals surface area (Å²) in [5, 5.41) is 8.89. The highest BCUT2D eigenvalue weighted by molar-refractivity contribution is 6.00. The number of amides is 3. The van der Waals surface area contributed by atoms with Crippen molar-refractivity contribution in [3.05, 3.63) is 23.8 Å². The number of hydrogen-bond donors (Lipinski definition) is 3. The van der Waals surface area contributed by atoms with Crippen molar-refractivity contribution in [2.75, 3.05) is 10.6 Å². The van der Waals surface area contributed by atoms with E-state index < -0.39 is 0 Å². The van der Waals surface area contributed by atoms with Crippen LogP contribution in [-0.4, -0.2) is 23.8 Å². The SMILES string of the molecule is CC(C)CCC(=O)Nc1cc(NC(=O)CCC(C)C)cc(C(=O)NC2CCCCC2)c1. The van der Waals surface area contributed by atoms with E-state index in [1.807, 2.05) is 0 Å². The van der Waals surface area contributed by atoms with Gasteiger partial charge in [0, 0.05) is 35.8 Å². The van der Waals surface area contributed by atoms with Crippen LogP contribution in [0.3, 0.4) is 0 Å². The van der Waals surface area contributed by atoms with E-state index >= 15 is 0 Å². The number of hydrogen-bond acceptors (Lipinski definition) is 3. The average Bonchev–Trinajstić information content (AvgIpc) is 2.71. The number of benzene rings is 1. The summed E-state index contributed by atoms with van der Waals surface area (Å²) in [6.07, 6.45) is 7.92. The number of nitrogens with one attached hydrogen (secondary N) is 3. The van der Waals surface area contributed by atoms with Gasteiger partial charge in [-0.1, -0.05) is 47.0 Å². The Morgan fingerprint density at radius 1 is 0.806 bits per heavy atom. The third-order valence-electron chi connectivity index (χ3n) is 5.60. The maximum absolute atomic E-state index is 12.9. The molecule has 0 aliphatic heterocycles. The molecule has 0 aromatic heterocycles. The lowest BCUT2D eigenvalue weighted by Crippen LogP contribution is -2.36. The zero-order valence-electron chi connectivity index (χ0n) is 19.6. The summed E-state index contributed by atoms with van der Waals surface area (Å²) in [5.41, 5.74) is 1.51. The quantitative estimate of drug-likeness (QED) is 0.459. The average molecular weight is 430 g/mol. The van der Waals surface area contributed by atoms with Crippen molar-refractivity contribution < 1.29 is 14.4 Å². The summed E-state index contributed by atoms with van der Waals surface area (Å²) < 4.78 is 0. The van der Waals surface area contributed by atoms with Crippen LogP contribution in [0.15, 0.2) is 18.2 Å². The molecule has 1 aromatic rings. The van der Waals surface area contributed by atoms with Crippen LogP contribution in [0.25, 0.3) is 0 Å². The first kappa shape index (κ1) is 24.9. The van der Waals surface area contributed by atoms with Gasteiger partial charge in [0.1, 0.15) is 0 Å². The first-order valence-corrected chi connectivity index (χ1v) is 11.8. The molecule has 0 saturated heterocycles. The lowest BCUT2D eigenvalue weighted by atomic mass is 9.95. The molecule has 0 heterocycles. The van der Waals surface area contributed by atoms with Gasteiger partial charge in [-0.15, -0.1) is 0 Å². The predicted molar refractivity (Wildman–Crippen MR) is 126 cm³/mol. The van der Waals surface area contributed by atoms with E-state index in [0.717, 1.165) is 38.5 Å². The molecule has 1 fully saturated rings. The molecule has 0 unspecified atom stereocenters. The molecule has 0 radical (unpaired) electrons. The molecule has 6 heteroatoms. The Morgan fingerprint density at radius 2 is 1.29 bits per heavy atom. The summed E-state index contributed by atoms with van der Waals surface area (Å²) >= 11 is 0. The van der Waals surface area contributed by atoms with Gasteiger partial charge in [-0.3, -0.25) is 14.4 Å². The summed E-state index contributed by atoms with van der Waals surface area (Å²) in [7, 11) is 0. The van der Waals surface area contributed by atoms with Gasteiger partial charge in [-0.2, -0.15) is 0 Å². The molecular weight excluding hydrogens is 390 g/mol. The topological polar surface area (TPSA) is 87.3 Å². The molecule has 2 rings (SSSR count). The fourth-order valence-electron chi connectivity index (χ4n) is 3.71. The lowest BCUT2D eigenvalue weighted by Gasteiger charge is -2.23. The second-order valence-electron chi connectivity index (χ2n) is 9.57. The van der Waals surface area contributed by atoms with Crippen LogP contribution >= 0.6 is 0 Å². The van der Waals surface area contributed by atoms with Crippen molar-refractivity contribution in [1.82, 2.24) is 5.32 Å². The van der Waals surface area contributed by atoms with E-state index in [0.29, 0.717) is 41.6 Å². The largest absolute Gasteiger partial charge is 0.349 e. The van der Waals surface area contributed by atoms with Gasteiger partial charge >= 0.3 is 0 Å². The van der Waals surface area contributed by atoms with Crippen molar-refractivity contribution in [2.24, 2.45) is 11.8 Å². The number of anilines is 2. The lowest BCUT2D eigenvalue weighted by molar-refractivity contribution is -0.117. The van der Waals surface area contributed by atoms with Crippen LogP contribution < -0.4 is 16.0 Å². The second kappa shape index (κ2) is 12.5. The zero-order chi connectivity index (χ0) is 22.8. The summed E-state index contributed by atoms with van der Waals surface area (Å²) in [4.78, 5) is 37.5. The molecule has 0 bridgehead atoms. The Labute approximate surface area is 186 Å². The van der Waals surface area contributed by atoms with Crippen LogP contribution in [0, 0.1) is 11.8 Å². The minimum absolute atomic E-state index is 0.0874. The first-order valence-electron chi connectivity index (χ1n) is 11.8. The maximum atomic E-state index is 12.9. The van der Waals surface area contributed by atoms with E-state index in [9.17, 15) is 14.4 Å². The molecule has 0 atom stereocenters. The molecule has 6 nitrogen and oxygen atoms in total. The van der Waals surface area contributed by atoms with Gasteiger partial charge in [0.25, 0.3) is 5.91 Å². The molecular formula is C25H39N3O3. The molecule has 3 amide bonds. The summed E-state index contributed by atoms with van der Waals surface area (Å²) in [5.74, 6) is 0.539. The molecule has 1 aromatic carbocycles. The van der Waals surface area contributed by atoms with Gasteiger partial charge in [-0.05, 0) is 55.7 Å². The first-order chi connectivity index (χ1) is 14.7. The number of carbonyl (C=O) groups excluding carboxylic acids is 3. The van der Waals surface area contributed by atoms with Crippen LogP contribution in [-0.2, 0) is 9.59 Å². The minimum Gasteiger partial charge on any atom is -0.349 e. The van der Waals surface area contributed by atoms with E-state index in [1.54, 1.807) is 18.2 Å². The minimum atomic E-state index is -0.164. The third-order valence-corrected chi connectivity index (χ3v) is 5.60. The van der Waals surface area contributed by atoms with Gasteiger partial charge in [0.15, 0.2) is 0 Å². The molecule has 1 aliphatic rings. The molecule has 31 heavy (non-hydrogen) atoms. The standard InChI is InChI=1S/C25H39N3O3/c1-17(2)10-12-23(29)26-21-14-19(25(31)28-20-8-6-5-7-9-20)15-22(16-21)27-24(30)13-11-18(3)4/h14-18,20H,5-13H2,1-4H3,(H,26,29)(H,27,30)(H,28,31). The third kappa shape index (κ3) is 9.53. The van der Waals surface area contributed by atoms with Crippen molar-refractivity contribution in [3.63, 3.8) is 0 Å². The maximum Gasteiger partial charge on any atom is 0.251 e. The van der Waals surface area contributed by atoms with Crippen molar-refractivity contribution >= 4 is 29.1 Å². The monoisotopic (exact) mass is 429 g/mol. The van der Waals surface area contributed by atoms with E-state index in [2.05, 4.69) is 43.6 Å². The van der Waals surface area contributed by atoms with Crippen molar-refractivity contribution in [1.29, 1.82) is 0 Å². The zero-order valence-corrected chi connectivity index (χ0v) is 19.6. The van der Waals surface area contributed by atoms with E-state index in [1.165, 1.54) is 6.42 Å². The molecule has 0 spiro atoms. The van der Waals surface area contributed by atoms with Crippen molar-refractivity contribution in [2.45, 2.75) is 91.5 Å². The summed E-state index contributed by atoms with van der Waals surface area (Å²) in [6, 6.07) is 5.29. The van der Waals surface area contributed by atoms with Gasteiger partial charge in [0.05, 0.1) is 0 Å². The number of rotatable bonds is 10.